The predicted molar refractivity (Wildman–Crippen MR) is 240 cm³/mol. The van der Waals surface area contributed by atoms with Crippen molar-refractivity contribution in [3.63, 3.8) is 0 Å². The summed E-state index contributed by atoms with van der Waals surface area (Å²) in [6, 6.07) is 52.9. The maximum atomic E-state index is 6.81. The van der Waals surface area contributed by atoms with Crippen LogP contribution in [-0.2, 0) is 5.41 Å². The average molecular weight is 745 g/mol. The molecule has 0 unspecified atom stereocenters. The van der Waals surface area contributed by atoms with E-state index in [1.54, 1.807) is 0 Å². The summed E-state index contributed by atoms with van der Waals surface area (Å²) in [5, 5.41) is 9.05. The molecule has 0 spiro atoms. The van der Waals surface area contributed by atoms with E-state index in [1.807, 2.05) is 12.1 Å². The summed E-state index contributed by atoms with van der Waals surface area (Å²) in [6.45, 7) is 6.65. The smallest absolute Gasteiger partial charge is 0.333 e. The lowest BCUT2D eigenvalue weighted by atomic mass is 9.44. The quantitative estimate of drug-likeness (QED) is 0.157. The summed E-state index contributed by atoms with van der Waals surface area (Å²) in [7, 11) is 0. The van der Waals surface area contributed by atoms with Gasteiger partial charge in [0.15, 0.2) is 0 Å². The minimum atomic E-state index is -0.177. The third-order valence-corrected chi connectivity index (χ3v) is 13.1. The van der Waals surface area contributed by atoms with Gasteiger partial charge in [0, 0.05) is 66.4 Å². The van der Waals surface area contributed by atoms with Crippen LogP contribution in [0.1, 0.15) is 26.3 Å². The highest BCUT2D eigenvalue weighted by molar-refractivity contribution is 6.94. The van der Waals surface area contributed by atoms with Gasteiger partial charge in [0.25, 0.3) is 0 Å². The molecule has 0 aliphatic carbocycles. The molecule has 2 aliphatic rings. The van der Waals surface area contributed by atoms with Crippen LogP contribution >= 0.6 is 0 Å². The van der Waals surface area contributed by atoms with E-state index in [4.69, 9.17) is 13.3 Å². The fraction of sp³-hybridized carbons (Fsp3) is 0.0769. The summed E-state index contributed by atoms with van der Waals surface area (Å²) < 4.78 is 22.6. The van der Waals surface area contributed by atoms with Crippen LogP contribution in [0.15, 0.2) is 159 Å². The minimum Gasteiger partial charge on any atom is -0.456 e. The fourth-order valence-corrected chi connectivity index (χ4v) is 10.5. The summed E-state index contributed by atoms with van der Waals surface area (Å²) in [5.41, 5.74) is 17.3. The van der Waals surface area contributed by atoms with E-state index in [0.29, 0.717) is 0 Å². The third-order valence-electron chi connectivity index (χ3n) is 13.1. The molecule has 6 heteroatoms. The first kappa shape index (κ1) is 31.0. The monoisotopic (exact) mass is 744 g/mol. The molecule has 0 fully saturated rings. The van der Waals surface area contributed by atoms with Crippen molar-refractivity contribution in [3.05, 3.63) is 151 Å². The van der Waals surface area contributed by atoms with Crippen molar-refractivity contribution in [1.82, 2.24) is 4.57 Å². The van der Waals surface area contributed by atoms with Gasteiger partial charge >= 0.3 is 6.85 Å². The predicted octanol–water partition coefficient (Wildman–Crippen LogP) is 13.0. The fourth-order valence-electron chi connectivity index (χ4n) is 10.5. The number of furan rings is 3. The number of anilines is 2. The van der Waals surface area contributed by atoms with Crippen molar-refractivity contribution in [2.24, 2.45) is 0 Å². The molecule has 0 radical (unpaired) electrons. The Balaban J connectivity index is 1.18. The molecule has 14 rings (SSSR count). The van der Waals surface area contributed by atoms with Crippen LogP contribution in [0.25, 0.3) is 104 Å². The van der Waals surface area contributed by atoms with Gasteiger partial charge in [0.1, 0.15) is 33.5 Å². The average Bonchev–Trinajstić information content (AvgIpc) is 4.00. The minimum absolute atomic E-state index is 0.0187. The zero-order valence-corrected chi connectivity index (χ0v) is 32.1. The van der Waals surface area contributed by atoms with Gasteiger partial charge in [0.05, 0.1) is 16.4 Å². The van der Waals surface area contributed by atoms with E-state index in [9.17, 15) is 0 Å². The number of fused-ring (bicyclic) bond motifs is 18. The molecule has 272 valence electrons. The molecule has 8 aromatic carbocycles. The largest absolute Gasteiger partial charge is 0.456 e. The summed E-state index contributed by atoms with van der Waals surface area (Å²) in [4.78, 5) is 2.56. The van der Waals surface area contributed by atoms with Gasteiger partial charge in [0.2, 0.25) is 0 Å². The Morgan fingerprint density at radius 3 is 1.81 bits per heavy atom. The van der Waals surface area contributed by atoms with E-state index in [1.165, 1.54) is 38.5 Å². The molecule has 0 amide bonds. The number of para-hydroxylation sites is 3. The summed E-state index contributed by atoms with van der Waals surface area (Å²) in [6.07, 6.45) is 0. The Morgan fingerprint density at radius 2 is 1.10 bits per heavy atom. The van der Waals surface area contributed by atoms with Crippen LogP contribution in [0, 0.1) is 0 Å². The summed E-state index contributed by atoms with van der Waals surface area (Å²) in [5.74, 6) is 0. The van der Waals surface area contributed by atoms with E-state index in [2.05, 4.69) is 164 Å². The second kappa shape index (κ2) is 10.4. The normalized spacial score (nSPS) is 13.7. The van der Waals surface area contributed by atoms with Gasteiger partial charge < -0.3 is 22.6 Å². The van der Waals surface area contributed by atoms with Gasteiger partial charge in [-0.3, -0.25) is 0 Å². The van der Waals surface area contributed by atoms with E-state index < -0.39 is 0 Å². The Labute approximate surface area is 332 Å². The maximum Gasteiger partial charge on any atom is 0.333 e. The molecule has 4 aromatic heterocycles. The van der Waals surface area contributed by atoms with E-state index >= 15 is 0 Å². The first-order chi connectivity index (χ1) is 28.4. The molecule has 0 bridgehead atoms. The van der Waals surface area contributed by atoms with Gasteiger partial charge in [-0.15, -0.1) is 0 Å². The van der Waals surface area contributed by atoms with Gasteiger partial charge in [-0.05, 0) is 88.1 Å². The molecule has 12 aromatic rings. The third kappa shape index (κ3) is 3.78. The second-order valence-electron chi connectivity index (χ2n) is 17.2. The maximum absolute atomic E-state index is 6.81. The molecular weight excluding hydrogens is 711 g/mol. The molecule has 2 aliphatic heterocycles. The van der Waals surface area contributed by atoms with Crippen molar-refractivity contribution < 1.29 is 13.3 Å². The van der Waals surface area contributed by atoms with E-state index in [-0.39, 0.29) is 12.3 Å². The summed E-state index contributed by atoms with van der Waals surface area (Å²) >= 11 is 0. The number of benzene rings is 8. The Morgan fingerprint density at radius 1 is 0.483 bits per heavy atom. The topological polar surface area (TPSA) is 47.6 Å². The van der Waals surface area contributed by atoms with Crippen molar-refractivity contribution in [3.8, 4) is 16.8 Å². The lowest BCUT2D eigenvalue weighted by Crippen LogP contribution is -2.60. The number of aromatic nitrogens is 1. The molecule has 0 saturated heterocycles. The van der Waals surface area contributed by atoms with Crippen LogP contribution in [0.2, 0.25) is 0 Å². The van der Waals surface area contributed by atoms with Crippen LogP contribution in [0.5, 0.6) is 0 Å². The van der Waals surface area contributed by atoms with E-state index in [0.717, 1.165) is 93.8 Å². The Bertz CT molecular complexity index is 3800. The first-order valence-electron chi connectivity index (χ1n) is 20.1. The van der Waals surface area contributed by atoms with Crippen LogP contribution in [-0.4, -0.2) is 11.4 Å². The highest BCUT2D eigenvalue weighted by Gasteiger charge is 2.45. The molecule has 0 atom stereocenters. The van der Waals surface area contributed by atoms with Crippen LogP contribution < -0.4 is 15.7 Å². The van der Waals surface area contributed by atoms with Gasteiger partial charge in [-0.1, -0.05) is 99.6 Å². The Hall–Kier alpha value is -7.18. The lowest BCUT2D eigenvalue weighted by molar-refractivity contribution is 0.590. The van der Waals surface area contributed by atoms with Crippen molar-refractivity contribution in [2.45, 2.75) is 26.2 Å². The van der Waals surface area contributed by atoms with Crippen LogP contribution in [0.3, 0.4) is 0 Å². The standard InChI is InChI=1S/C52H33BN2O3/c1-52(2,3)28-16-18-29(19-17-28)55-41-27-47-37(31-11-5-7-13-43(31)57-47)24-36(41)33-20-21-35-48-40(23-22-34-30-10-4-9-15-45(30)58-51(34)48)54-42-25-38-32-12-6-8-14-44(32)56-46(38)26-39(42)53(55)49(33)50(35)54/h4-27H,1-3H3. The van der Waals surface area contributed by atoms with Crippen LogP contribution in [0.4, 0.5) is 11.4 Å². The highest BCUT2D eigenvalue weighted by atomic mass is 16.3. The van der Waals surface area contributed by atoms with Gasteiger partial charge in [-0.25, -0.2) is 0 Å². The zero-order valence-electron chi connectivity index (χ0n) is 32.1. The lowest BCUT2D eigenvalue weighted by Gasteiger charge is -2.42. The second-order valence-corrected chi connectivity index (χ2v) is 17.2. The molecular formula is C52H33BN2O3. The van der Waals surface area contributed by atoms with Crippen molar-refractivity contribution in [1.29, 1.82) is 0 Å². The van der Waals surface area contributed by atoms with Gasteiger partial charge in [-0.2, -0.15) is 0 Å². The SMILES string of the molecule is CC(C)(C)c1ccc(N2B3c4cc5oc6ccccc6c5cc4-n4c5ccc6c7ccccc7oc6c5c5ccc(c3c54)-c3cc4c(cc32)oc2ccccc24)cc1. The van der Waals surface area contributed by atoms with Crippen molar-refractivity contribution >= 4 is 117 Å². The number of hydrogen-bond donors (Lipinski definition) is 0. The number of rotatable bonds is 1. The molecule has 5 nitrogen and oxygen atoms in total. The molecule has 58 heavy (non-hydrogen) atoms. The van der Waals surface area contributed by atoms with Crippen molar-refractivity contribution in [2.75, 3.05) is 4.81 Å². The molecule has 6 heterocycles. The first-order valence-corrected chi connectivity index (χ1v) is 20.1. The molecule has 0 saturated carbocycles. The highest BCUT2D eigenvalue weighted by Crippen LogP contribution is 2.49. The Kier molecular flexibility index (Phi) is 5.56. The molecule has 0 N–H and O–H groups in total. The number of nitrogens with zero attached hydrogens (tertiary/aromatic N) is 2. The zero-order chi connectivity index (χ0) is 38.2. The number of hydrogen-bond acceptors (Lipinski definition) is 4.